The molecule has 1 aromatic carbocycles. The van der Waals surface area contributed by atoms with Crippen LogP contribution in [0.3, 0.4) is 0 Å². The van der Waals surface area contributed by atoms with Crippen molar-refractivity contribution in [2.75, 3.05) is 13.2 Å². The third-order valence-electron chi connectivity index (χ3n) is 3.61. The van der Waals surface area contributed by atoms with Gasteiger partial charge in [-0.05, 0) is 37.0 Å². The van der Waals surface area contributed by atoms with Crippen molar-refractivity contribution in [3.05, 3.63) is 24.4 Å². The van der Waals surface area contributed by atoms with Crippen LogP contribution in [-0.2, 0) is 21.4 Å². The van der Waals surface area contributed by atoms with E-state index in [0.717, 1.165) is 38.1 Å². The first-order valence-corrected chi connectivity index (χ1v) is 7.99. The van der Waals surface area contributed by atoms with Crippen molar-refractivity contribution in [2.24, 2.45) is 5.92 Å². The van der Waals surface area contributed by atoms with Crippen LogP contribution in [0.1, 0.15) is 12.8 Å². The predicted octanol–water partition coefficient (Wildman–Crippen LogP) is 1.71. The Morgan fingerprint density at radius 3 is 2.80 bits per heavy atom. The van der Waals surface area contributed by atoms with Crippen LogP contribution in [0.5, 0.6) is 0 Å². The minimum Gasteiger partial charge on any atom is -0.381 e. The van der Waals surface area contributed by atoms with E-state index in [2.05, 4.69) is 5.10 Å². The number of nitrogens with zero attached hydrogens (tertiary/aromatic N) is 2. The number of benzene rings is 1. The lowest BCUT2D eigenvalue weighted by atomic mass is 10.0. The van der Waals surface area contributed by atoms with E-state index >= 15 is 0 Å². The van der Waals surface area contributed by atoms with Gasteiger partial charge in [0.15, 0.2) is 0 Å². The Bertz CT molecular complexity index is 717. The second-order valence-corrected chi connectivity index (χ2v) is 6.52. The maximum absolute atomic E-state index is 11.1. The van der Waals surface area contributed by atoms with Gasteiger partial charge in [-0.25, -0.2) is 0 Å². The Balaban J connectivity index is 1.86. The highest BCUT2D eigenvalue weighted by molar-refractivity contribution is 7.85. The fourth-order valence-corrected chi connectivity index (χ4v) is 3.02. The lowest BCUT2D eigenvalue weighted by molar-refractivity contribution is 0.0602. The second-order valence-electron chi connectivity index (χ2n) is 5.10. The zero-order valence-corrected chi connectivity index (χ0v) is 11.7. The van der Waals surface area contributed by atoms with E-state index in [1.165, 1.54) is 12.1 Å². The van der Waals surface area contributed by atoms with Crippen molar-refractivity contribution >= 4 is 21.0 Å². The van der Waals surface area contributed by atoms with E-state index < -0.39 is 10.1 Å². The molecule has 0 spiro atoms. The Kier molecular flexibility index (Phi) is 3.49. The number of fused-ring (bicyclic) bond motifs is 1. The minimum atomic E-state index is -4.17. The molecule has 2 aromatic rings. The second kappa shape index (κ2) is 5.16. The summed E-state index contributed by atoms with van der Waals surface area (Å²) in [5, 5.41) is 5.14. The van der Waals surface area contributed by atoms with Gasteiger partial charge in [-0.15, -0.1) is 0 Å². The third-order valence-corrected chi connectivity index (χ3v) is 4.46. The molecular weight excluding hydrogens is 280 g/mol. The van der Waals surface area contributed by atoms with Crippen LogP contribution < -0.4 is 0 Å². The van der Waals surface area contributed by atoms with Crippen LogP contribution in [0, 0.1) is 5.92 Å². The molecule has 3 rings (SSSR count). The van der Waals surface area contributed by atoms with Crippen LogP contribution in [0.15, 0.2) is 29.3 Å². The summed E-state index contributed by atoms with van der Waals surface area (Å²) >= 11 is 0. The van der Waals surface area contributed by atoms with E-state index in [9.17, 15) is 8.42 Å². The largest absolute Gasteiger partial charge is 0.381 e. The average molecular weight is 296 g/mol. The summed E-state index contributed by atoms with van der Waals surface area (Å²) in [6.07, 6.45) is 3.86. The molecule has 0 aliphatic carbocycles. The highest BCUT2D eigenvalue weighted by atomic mass is 32.2. The van der Waals surface area contributed by atoms with Crippen molar-refractivity contribution < 1.29 is 17.7 Å². The van der Waals surface area contributed by atoms with E-state index in [1.807, 2.05) is 10.9 Å². The van der Waals surface area contributed by atoms with Gasteiger partial charge in [-0.1, -0.05) is 0 Å². The number of ether oxygens (including phenoxy) is 1. The standard InChI is InChI=1S/C13H16N2O4S/c16-20(17,18)12-1-2-13-11(7-12)9-15(14-13)8-10-3-5-19-6-4-10/h1-2,7,9-10H,3-6,8H2,(H,16,17,18). The first-order chi connectivity index (χ1) is 9.52. The molecule has 0 atom stereocenters. The molecule has 108 valence electrons. The molecule has 0 saturated carbocycles. The summed E-state index contributed by atoms with van der Waals surface area (Å²) in [6.45, 7) is 2.38. The maximum atomic E-state index is 11.1. The van der Waals surface area contributed by atoms with Crippen LogP contribution in [0.2, 0.25) is 0 Å². The summed E-state index contributed by atoms with van der Waals surface area (Å²) in [7, 11) is -4.17. The SMILES string of the molecule is O=S(=O)(O)c1ccc2nn(CC3CCOCC3)cc2c1. The first-order valence-electron chi connectivity index (χ1n) is 6.55. The van der Waals surface area contributed by atoms with Crippen LogP contribution in [0.4, 0.5) is 0 Å². The van der Waals surface area contributed by atoms with Crippen LogP contribution in [0.25, 0.3) is 10.9 Å². The van der Waals surface area contributed by atoms with Gasteiger partial charge in [0, 0.05) is 31.3 Å². The lowest BCUT2D eigenvalue weighted by Gasteiger charge is -2.21. The van der Waals surface area contributed by atoms with Crippen molar-refractivity contribution in [3.8, 4) is 0 Å². The van der Waals surface area contributed by atoms with Crippen LogP contribution >= 0.6 is 0 Å². The highest BCUT2D eigenvalue weighted by Crippen LogP contribution is 2.21. The van der Waals surface area contributed by atoms with Gasteiger partial charge < -0.3 is 4.74 Å². The minimum absolute atomic E-state index is 0.101. The van der Waals surface area contributed by atoms with Crippen molar-refractivity contribution in [2.45, 2.75) is 24.3 Å². The van der Waals surface area contributed by atoms with E-state index in [-0.39, 0.29) is 4.90 Å². The highest BCUT2D eigenvalue weighted by Gasteiger charge is 2.16. The van der Waals surface area contributed by atoms with Gasteiger partial charge in [-0.2, -0.15) is 13.5 Å². The van der Waals surface area contributed by atoms with E-state index in [1.54, 1.807) is 6.07 Å². The summed E-state index contributed by atoms with van der Waals surface area (Å²) in [5.41, 5.74) is 0.726. The smallest absolute Gasteiger partial charge is 0.294 e. The summed E-state index contributed by atoms with van der Waals surface area (Å²) in [6, 6.07) is 4.42. The number of hydrogen-bond acceptors (Lipinski definition) is 4. The van der Waals surface area contributed by atoms with E-state index in [0.29, 0.717) is 11.3 Å². The Morgan fingerprint density at radius 2 is 2.10 bits per heavy atom. The Morgan fingerprint density at radius 1 is 1.35 bits per heavy atom. The molecular formula is C13H16N2O4S. The van der Waals surface area contributed by atoms with Gasteiger partial charge in [0.1, 0.15) is 0 Å². The molecule has 20 heavy (non-hydrogen) atoms. The van der Waals surface area contributed by atoms with Crippen LogP contribution in [-0.4, -0.2) is 36.0 Å². The molecule has 0 radical (unpaired) electrons. The molecule has 2 heterocycles. The van der Waals surface area contributed by atoms with Gasteiger partial charge in [-0.3, -0.25) is 9.23 Å². The zero-order valence-electron chi connectivity index (χ0n) is 10.9. The van der Waals surface area contributed by atoms with Crippen molar-refractivity contribution in [3.63, 3.8) is 0 Å². The third kappa shape index (κ3) is 2.84. The molecule has 1 N–H and O–H groups in total. The molecule has 1 fully saturated rings. The van der Waals surface area contributed by atoms with Gasteiger partial charge >= 0.3 is 0 Å². The Hall–Kier alpha value is -1.44. The summed E-state index contributed by atoms with van der Waals surface area (Å²) < 4.78 is 38.4. The molecule has 6 nitrogen and oxygen atoms in total. The fraction of sp³-hybridized carbons (Fsp3) is 0.462. The molecule has 1 aliphatic heterocycles. The topological polar surface area (TPSA) is 81.4 Å². The first kappa shape index (κ1) is 13.5. The number of hydrogen-bond donors (Lipinski definition) is 1. The predicted molar refractivity (Wildman–Crippen MR) is 73.1 cm³/mol. The lowest BCUT2D eigenvalue weighted by Crippen LogP contribution is -2.20. The molecule has 0 unspecified atom stereocenters. The summed E-state index contributed by atoms with van der Waals surface area (Å²) in [5.74, 6) is 0.541. The van der Waals surface area contributed by atoms with Crippen molar-refractivity contribution in [1.29, 1.82) is 0 Å². The van der Waals surface area contributed by atoms with E-state index in [4.69, 9.17) is 9.29 Å². The molecule has 7 heteroatoms. The zero-order chi connectivity index (χ0) is 14.2. The maximum Gasteiger partial charge on any atom is 0.294 e. The molecule has 0 amide bonds. The molecule has 0 bridgehead atoms. The average Bonchev–Trinajstić information content (AvgIpc) is 2.80. The number of rotatable bonds is 3. The number of aromatic nitrogens is 2. The van der Waals surface area contributed by atoms with Gasteiger partial charge in [0.05, 0.1) is 10.4 Å². The Labute approximate surface area is 117 Å². The molecule has 1 saturated heterocycles. The molecule has 1 aliphatic rings. The van der Waals surface area contributed by atoms with Crippen molar-refractivity contribution in [1.82, 2.24) is 9.78 Å². The van der Waals surface area contributed by atoms with Gasteiger partial charge in [0.2, 0.25) is 0 Å². The monoisotopic (exact) mass is 296 g/mol. The fourth-order valence-electron chi connectivity index (χ4n) is 2.50. The normalized spacial score (nSPS) is 17.6. The van der Waals surface area contributed by atoms with Gasteiger partial charge in [0.25, 0.3) is 10.1 Å². The summed E-state index contributed by atoms with van der Waals surface area (Å²) in [4.78, 5) is -0.101. The molecule has 1 aromatic heterocycles. The quantitative estimate of drug-likeness (QED) is 0.872.